The van der Waals surface area contributed by atoms with Crippen molar-refractivity contribution in [3.05, 3.63) is 70.7 Å². The number of rotatable bonds is 7. The maximum atomic E-state index is 12.3. The van der Waals surface area contributed by atoms with Crippen LogP contribution in [0.5, 0.6) is 0 Å². The smallest absolute Gasteiger partial charge is 0.225 e. The van der Waals surface area contributed by atoms with Crippen molar-refractivity contribution in [3.8, 4) is 5.69 Å². The number of benzene rings is 2. The quantitative estimate of drug-likeness (QED) is 0.610. The zero-order valence-electron chi connectivity index (χ0n) is 15.6. The van der Waals surface area contributed by atoms with Gasteiger partial charge in [-0.25, -0.2) is 9.67 Å². The van der Waals surface area contributed by atoms with Crippen LogP contribution in [0.25, 0.3) is 5.69 Å². The summed E-state index contributed by atoms with van der Waals surface area (Å²) in [6, 6.07) is 13.3. The van der Waals surface area contributed by atoms with Gasteiger partial charge in [0.15, 0.2) is 0 Å². The molecule has 1 aromatic heterocycles. The molecule has 0 radical (unpaired) electrons. The van der Waals surface area contributed by atoms with Crippen LogP contribution in [0.3, 0.4) is 0 Å². The first-order chi connectivity index (χ1) is 13.4. The molecule has 0 aliphatic carbocycles. The fourth-order valence-corrected chi connectivity index (χ4v) is 3.12. The van der Waals surface area contributed by atoms with E-state index in [-0.39, 0.29) is 11.9 Å². The highest BCUT2D eigenvalue weighted by atomic mass is 35.5. The third-order valence-electron chi connectivity index (χ3n) is 4.61. The largest absolute Gasteiger partial charge is 0.325 e. The molecular formula is C20H21Cl2N5O. The van der Waals surface area contributed by atoms with E-state index in [1.807, 2.05) is 19.2 Å². The average molecular weight is 418 g/mol. The van der Waals surface area contributed by atoms with Gasteiger partial charge >= 0.3 is 0 Å². The molecule has 0 fully saturated rings. The van der Waals surface area contributed by atoms with Gasteiger partial charge in [-0.05, 0) is 49.9 Å². The van der Waals surface area contributed by atoms with Crippen molar-refractivity contribution in [1.29, 1.82) is 0 Å². The van der Waals surface area contributed by atoms with E-state index in [0.29, 0.717) is 28.7 Å². The van der Waals surface area contributed by atoms with Gasteiger partial charge in [-0.3, -0.25) is 9.69 Å². The molecule has 28 heavy (non-hydrogen) atoms. The van der Waals surface area contributed by atoms with Crippen LogP contribution in [0.15, 0.2) is 55.1 Å². The van der Waals surface area contributed by atoms with Crippen molar-refractivity contribution in [2.45, 2.75) is 19.4 Å². The molecule has 1 unspecified atom stereocenters. The van der Waals surface area contributed by atoms with E-state index in [1.165, 1.54) is 6.33 Å². The van der Waals surface area contributed by atoms with Gasteiger partial charge in [-0.15, -0.1) is 0 Å². The molecule has 0 saturated carbocycles. The molecule has 0 spiro atoms. The number of nitrogens with one attached hydrogen (secondary N) is 1. The summed E-state index contributed by atoms with van der Waals surface area (Å²) in [4.78, 5) is 18.3. The third kappa shape index (κ3) is 5.10. The fourth-order valence-electron chi connectivity index (χ4n) is 2.78. The highest BCUT2D eigenvalue weighted by Crippen LogP contribution is 2.26. The summed E-state index contributed by atoms with van der Waals surface area (Å²) in [5.74, 6) is -0.107. The van der Waals surface area contributed by atoms with Gasteiger partial charge in [0.1, 0.15) is 12.7 Å². The van der Waals surface area contributed by atoms with Crippen LogP contribution in [0, 0.1) is 0 Å². The minimum absolute atomic E-state index is 0.107. The van der Waals surface area contributed by atoms with E-state index in [4.69, 9.17) is 23.2 Å². The Hall–Kier alpha value is -2.41. The molecule has 8 heteroatoms. The SMILES string of the molecule is CC(c1ccc(-n2cncn2)cc1)N(C)CCC(=O)Nc1cc(Cl)ccc1Cl. The number of aromatic nitrogens is 3. The van der Waals surface area contributed by atoms with Crippen LogP contribution in [0.2, 0.25) is 10.0 Å². The normalized spacial score (nSPS) is 12.2. The molecule has 2 aromatic carbocycles. The van der Waals surface area contributed by atoms with Crippen LogP contribution in [-0.2, 0) is 4.79 Å². The average Bonchev–Trinajstić information content (AvgIpc) is 3.23. The zero-order chi connectivity index (χ0) is 20.1. The molecule has 1 heterocycles. The Kier molecular flexibility index (Phi) is 6.67. The van der Waals surface area contributed by atoms with Crippen molar-refractivity contribution in [1.82, 2.24) is 19.7 Å². The molecular weight excluding hydrogens is 397 g/mol. The van der Waals surface area contributed by atoms with Crippen molar-refractivity contribution in [2.24, 2.45) is 0 Å². The highest BCUT2D eigenvalue weighted by Gasteiger charge is 2.14. The zero-order valence-corrected chi connectivity index (χ0v) is 17.2. The monoisotopic (exact) mass is 417 g/mol. The second-order valence-corrected chi connectivity index (χ2v) is 7.35. The van der Waals surface area contributed by atoms with Crippen LogP contribution in [0.4, 0.5) is 5.69 Å². The molecule has 1 amide bonds. The minimum atomic E-state index is -0.107. The summed E-state index contributed by atoms with van der Waals surface area (Å²) < 4.78 is 1.71. The summed E-state index contributed by atoms with van der Waals surface area (Å²) in [5.41, 5.74) is 2.64. The fraction of sp³-hybridized carbons (Fsp3) is 0.250. The Morgan fingerprint density at radius 2 is 1.96 bits per heavy atom. The topological polar surface area (TPSA) is 63.1 Å². The van der Waals surface area contributed by atoms with Gasteiger partial charge in [0.05, 0.1) is 16.4 Å². The van der Waals surface area contributed by atoms with E-state index in [2.05, 4.69) is 39.4 Å². The summed E-state index contributed by atoms with van der Waals surface area (Å²) in [6.45, 7) is 2.71. The minimum Gasteiger partial charge on any atom is -0.325 e. The Morgan fingerprint density at radius 1 is 1.21 bits per heavy atom. The molecule has 6 nitrogen and oxygen atoms in total. The third-order valence-corrected chi connectivity index (χ3v) is 5.18. The first-order valence-corrected chi connectivity index (χ1v) is 9.60. The van der Waals surface area contributed by atoms with Crippen LogP contribution < -0.4 is 5.32 Å². The molecule has 3 aromatic rings. The van der Waals surface area contributed by atoms with Gasteiger partial charge in [0.25, 0.3) is 0 Å². The number of anilines is 1. The number of amides is 1. The lowest BCUT2D eigenvalue weighted by atomic mass is 10.1. The molecule has 0 aliphatic rings. The van der Waals surface area contributed by atoms with Gasteiger partial charge < -0.3 is 5.32 Å². The Balaban J connectivity index is 1.54. The molecule has 3 rings (SSSR count). The maximum absolute atomic E-state index is 12.3. The molecule has 0 bridgehead atoms. The number of nitrogens with zero attached hydrogens (tertiary/aromatic N) is 4. The van der Waals surface area contributed by atoms with Gasteiger partial charge in [0, 0.05) is 24.0 Å². The van der Waals surface area contributed by atoms with Gasteiger partial charge in [-0.2, -0.15) is 5.10 Å². The van der Waals surface area contributed by atoms with Crippen LogP contribution >= 0.6 is 23.2 Å². The second kappa shape index (κ2) is 9.19. The summed E-state index contributed by atoms with van der Waals surface area (Å²) in [6.07, 6.45) is 3.52. The summed E-state index contributed by atoms with van der Waals surface area (Å²) in [5, 5.41) is 7.93. The predicted octanol–water partition coefficient (Wildman–Crippen LogP) is 4.60. The molecule has 146 valence electrons. The van der Waals surface area contributed by atoms with E-state index < -0.39 is 0 Å². The van der Waals surface area contributed by atoms with E-state index in [9.17, 15) is 4.79 Å². The number of hydrogen-bond acceptors (Lipinski definition) is 4. The van der Waals surface area contributed by atoms with Gasteiger partial charge in [-0.1, -0.05) is 35.3 Å². The number of hydrogen-bond donors (Lipinski definition) is 1. The molecule has 0 saturated heterocycles. The van der Waals surface area contributed by atoms with Crippen LogP contribution in [-0.4, -0.2) is 39.2 Å². The van der Waals surface area contributed by atoms with Crippen molar-refractivity contribution >= 4 is 34.8 Å². The first-order valence-electron chi connectivity index (χ1n) is 8.84. The maximum Gasteiger partial charge on any atom is 0.225 e. The Bertz CT molecular complexity index is 928. The molecule has 1 N–H and O–H groups in total. The van der Waals surface area contributed by atoms with E-state index in [1.54, 1.807) is 29.2 Å². The number of carbonyl (C=O) groups is 1. The number of halogens is 2. The van der Waals surface area contributed by atoms with Crippen molar-refractivity contribution < 1.29 is 4.79 Å². The van der Waals surface area contributed by atoms with E-state index in [0.717, 1.165) is 11.3 Å². The van der Waals surface area contributed by atoms with E-state index >= 15 is 0 Å². The van der Waals surface area contributed by atoms with Gasteiger partial charge in [0.2, 0.25) is 5.91 Å². The summed E-state index contributed by atoms with van der Waals surface area (Å²) >= 11 is 12.0. The van der Waals surface area contributed by atoms with Crippen molar-refractivity contribution in [2.75, 3.05) is 18.9 Å². The lowest BCUT2D eigenvalue weighted by Gasteiger charge is -2.25. The van der Waals surface area contributed by atoms with Crippen molar-refractivity contribution in [3.63, 3.8) is 0 Å². The molecule has 1 atom stereocenters. The Morgan fingerprint density at radius 3 is 2.64 bits per heavy atom. The second-order valence-electron chi connectivity index (χ2n) is 6.51. The lowest BCUT2D eigenvalue weighted by molar-refractivity contribution is -0.116. The molecule has 0 aliphatic heterocycles. The standard InChI is InChI=1S/C20H21Cl2N5O/c1-14(15-3-6-17(7-4-15)27-13-23-12-24-27)26(2)10-9-20(28)25-19-11-16(21)5-8-18(19)22/h3-8,11-14H,9-10H2,1-2H3,(H,25,28). The number of carbonyl (C=O) groups excluding carboxylic acids is 1. The Labute approximate surface area is 174 Å². The highest BCUT2D eigenvalue weighted by molar-refractivity contribution is 6.35. The first kappa shape index (κ1) is 20.3. The predicted molar refractivity (Wildman–Crippen MR) is 112 cm³/mol. The lowest BCUT2D eigenvalue weighted by Crippen LogP contribution is -2.27. The van der Waals surface area contributed by atoms with Crippen LogP contribution in [0.1, 0.15) is 24.9 Å². The summed E-state index contributed by atoms with van der Waals surface area (Å²) in [7, 11) is 2.00.